The van der Waals surface area contributed by atoms with Gasteiger partial charge in [-0.15, -0.1) is 0 Å². The van der Waals surface area contributed by atoms with E-state index in [0.717, 1.165) is 6.61 Å². The molecule has 4 atom stereocenters. The Balaban J connectivity index is 1.93. The Morgan fingerprint density at radius 3 is 2.57 bits per heavy atom. The van der Waals surface area contributed by atoms with Gasteiger partial charge in [0.25, 0.3) is 0 Å². The van der Waals surface area contributed by atoms with E-state index in [1.54, 1.807) is 0 Å². The van der Waals surface area contributed by atoms with Gasteiger partial charge >= 0.3 is 0 Å². The maximum absolute atomic E-state index is 11.0. The normalized spacial score (nSPS) is 54.6. The van der Waals surface area contributed by atoms with Crippen LogP contribution in [0, 0.1) is 11.8 Å². The molecule has 1 N–H and O–H groups in total. The summed E-state index contributed by atoms with van der Waals surface area (Å²) in [6.07, 6.45) is 4.94. The molecule has 2 fully saturated rings. The van der Waals surface area contributed by atoms with Gasteiger partial charge in [-0.25, -0.2) is 0 Å². The molecule has 3 heteroatoms. The van der Waals surface area contributed by atoms with Gasteiger partial charge in [0, 0.05) is 0 Å². The van der Waals surface area contributed by atoms with E-state index in [9.17, 15) is 4.79 Å². The smallest absolute Gasteiger partial charge is 0.223 e. The average molecular weight is 193 g/mol. The molecular weight excluding hydrogens is 178 g/mol. The van der Waals surface area contributed by atoms with Gasteiger partial charge in [0.1, 0.15) is 5.60 Å². The van der Waals surface area contributed by atoms with Gasteiger partial charge in [-0.1, -0.05) is 26.0 Å². The fraction of sp³-hybridized carbons (Fsp3) is 0.727. The monoisotopic (exact) mass is 193 g/mol. The molecule has 2 spiro atoms. The number of carbonyl (C=O) groups excluding carboxylic acids is 1. The summed E-state index contributed by atoms with van der Waals surface area (Å²) in [7, 11) is 0. The Morgan fingerprint density at radius 1 is 1.43 bits per heavy atom. The van der Waals surface area contributed by atoms with Crippen molar-refractivity contribution < 1.29 is 9.53 Å². The van der Waals surface area contributed by atoms with E-state index in [4.69, 9.17) is 4.74 Å². The minimum Gasteiger partial charge on any atom is -0.365 e. The molecule has 76 valence electrons. The van der Waals surface area contributed by atoms with E-state index in [1.807, 2.05) is 0 Å². The van der Waals surface area contributed by atoms with Gasteiger partial charge in [0.15, 0.2) is 0 Å². The minimum atomic E-state index is -0.0618. The third kappa shape index (κ3) is 0.836. The maximum Gasteiger partial charge on any atom is 0.223 e. The molecule has 0 bridgehead atoms. The molecular formula is C11H15NO2. The molecule has 1 aliphatic carbocycles. The van der Waals surface area contributed by atoms with Gasteiger partial charge in [-0.3, -0.25) is 4.79 Å². The molecule has 1 amide bonds. The number of carbonyl (C=O) groups is 1. The van der Waals surface area contributed by atoms with Crippen molar-refractivity contribution in [3.63, 3.8) is 0 Å². The van der Waals surface area contributed by atoms with Crippen molar-refractivity contribution in [1.82, 2.24) is 5.32 Å². The molecule has 2 heterocycles. The van der Waals surface area contributed by atoms with Gasteiger partial charge in [-0.2, -0.15) is 0 Å². The zero-order valence-corrected chi connectivity index (χ0v) is 8.54. The highest BCUT2D eigenvalue weighted by Crippen LogP contribution is 2.50. The first-order chi connectivity index (χ1) is 6.58. The van der Waals surface area contributed by atoms with E-state index >= 15 is 0 Å². The lowest BCUT2D eigenvalue weighted by atomic mass is 9.63. The highest BCUT2D eigenvalue weighted by Gasteiger charge is 2.59. The fourth-order valence-corrected chi connectivity index (χ4v) is 2.79. The second-order valence-electron chi connectivity index (χ2n) is 4.92. The number of amides is 1. The third-order valence-electron chi connectivity index (χ3n) is 4.30. The Morgan fingerprint density at radius 2 is 2.07 bits per heavy atom. The molecule has 0 aromatic rings. The summed E-state index contributed by atoms with van der Waals surface area (Å²) in [4.78, 5) is 11.0. The molecule has 3 rings (SSSR count). The first kappa shape index (κ1) is 8.48. The van der Waals surface area contributed by atoms with Crippen LogP contribution in [-0.2, 0) is 9.53 Å². The van der Waals surface area contributed by atoms with Crippen molar-refractivity contribution in [2.45, 2.75) is 31.4 Å². The van der Waals surface area contributed by atoms with Gasteiger partial charge in [-0.05, 0) is 11.8 Å². The van der Waals surface area contributed by atoms with Crippen LogP contribution in [0.2, 0.25) is 0 Å². The SMILES string of the molecule is C[C@@H]1[C@H](C)[C@]2(C=CC13CC(=O)N3)CO2. The van der Waals surface area contributed by atoms with E-state index in [2.05, 4.69) is 31.3 Å². The van der Waals surface area contributed by atoms with Crippen LogP contribution >= 0.6 is 0 Å². The number of β-lactam (4-membered cyclic amide) rings is 1. The number of hydrogen-bond acceptors (Lipinski definition) is 2. The Labute approximate surface area is 83.5 Å². The number of ether oxygens (including phenoxy) is 1. The minimum absolute atomic E-state index is 0.00494. The number of epoxide rings is 1. The zero-order valence-electron chi connectivity index (χ0n) is 8.54. The standard InChI is InChI=1S/C11H15NO2/c1-7-8(2)11(6-14-11)4-3-10(7)5-9(13)12-10/h3-4,7-8H,5-6H2,1-2H3,(H,12,13)/t7-,8+,10?,11+/m1/s1. The van der Waals surface area contributed by atoms with Gasteiger partial charge in [0.2, 0.25) is 5.91 Å². The Bertz CT molecular complexity index is 322. The van der Waals surface area contributed by atoms with Gasteiger partial charge in [0.05, 0.1) is 18.6 Å². The highest BCUT2D eigenvalue weighted by atomic mass is 16.6. The van der Waals surface area contributed by atoms with Crippen LogP contribution in [0.25, 0.3) is 0 Å². The third-order valence-corrected chi connectivity index (χ3v) is 4.30. The van der Waals surface area contributed by atoms with Crippen molar-refractivity contribution in [2.24, 2.45) is 11.8 Å². The summed E-state index contributed by atoms with van der Waals surface area (Å²) < 4.78 is 5.51. The summed E-state index contributed by atoms with van der Waals surface area (Å²) in [5, 5.41) is 3.02. The van der Waals surface area contributed by atoms with Crippen molar-refractivity contribution >= 4 is 5.91 Å². The predicted octanol–water partition coefficient (Wildman–Crippen LogP) is 0.856. The van der Waals surface area contributed by atoms with E-state index in [0.29, 0.717) is 18.3 Å². The van der Waals surface area contributed by atoms with E-state index < -0.39 is 0 Å². The average Bonchev–Trinajstić information content (AvgIpc) is 2.87. The van der Waals surface area contributed by atoms with Crippen LogP contribution in [0.1, 0.15) is 20.3 Å². The summed E-state index contributed by atoms with van der Waals surface area (Å²) in [6, 6.07) is 0. The number of nitrogens with one attached hydrogen (secondary N) is 1. The second-order valence-corrected chi connectivity index (χ2v) is 4.92. The van der Waals surface area contributed by atoms with E-state index in [-0.39, 0.29) is 17.0 Å². The number of rotatable bonds is 0. The Kier molecular flexibility index (Phi) is 1.34. The lowest BCUT2D eigenvalue weighted by Crippen LogP contribution is -2.66. The number of hydrogen-bond donors (Lipinski definition) is 1. The first-order valence-corrected chi connectivity index (χ1v) is 5.23. The quantitative estimate of drug-likeness (QED) is 0.352. The molecule has 0 aromatic heterocycles. The van der Waals surface area contributed by atoms with Crippen molar-refractivity contribution in [1.29, 1.82) is 0 Å². The fourth-order valence-electron chi connectivity index (χ4n) is 2.79. The molecule has 14 heavy (non-hydrogen) atoms. The highest BCUT2D eigenvalue weighted by molar-refractivity contribution is 5.86. The predicted molar refractivity (Wildman–Crippen MR) is 51.6 cm³/mol. The summed E-state index contributed by atoms with van der Waals surface area (Å²) in [5.74, 6) is 1.13. The van der Waals surface area contributed by atoms with Crippen molar-refractivity contribution in [3.05, 3.63) is 12.2 Å². The van der Waals surface area contributed by atoms with Crippen LogP contribution in [0.5, 0.6) is 0 Å². The first-order valence-electron chi connectivity index (χ1n) is 5.23. The van der Waals surface area contributed by atoms with Crippen LogP contribution in [0.15, 0.2) is 12.2 Å². The molecule has 0 saturated carbocycles. The molecule has 0 aromatic carbocycles. The molecule has 0 radical (unpaired) electrons. The van der Waals surface area contributed by atoms with Gasteiger partial charge < -0.3 is 10.1 Å². The molecule has 2 saturated heterocycles. The largest absolute Gasteiger partial charge is 0.365 e. The molecule has 1 unspecified atom stereocenters. The molecule has 2 aliphatic heterocycles. The zero-order chi connectivity index (χ0) is 9.97. The summed E-state index contributed by atoms with van der Waals surface area (Å²) in [6.45, 7) is 5.27. The van der Waals surface area contributed by atoms with Crippen LogP contribution in [0.4, 0.5) is 0 Å². The lowest BCUT2D eigenvalue weighted by Gasteiger charge is -2.50. The second kappa shape index (κ2) is 2.22. The Hall–Kier alpha value is -0.830. The van der Waals surface area contributed by atoms with Crippen molar-refractivity contribution in [2.75, 3.05) is 6.61 Å². The molecule has 3 nitrogen and oxygen atoms in total. The van der Waals surface area contributed by atoms with Crippen LogP contribution in [0.3, 0.4) is 0 Å². The van der Waals surface area contributed by atoms with Crippen LogP contribution in [-0.4, -0.2) is 23.7 Å². The van der Waals surface area contributed by atoms with Crippen LogP contribution < -0.4 is 5.32 Å². The molecule has 3 aliphatic rings. The maximum atomic E-state index is 11.0. The van der Waals surface area contributed by atoms with E-state index in [1.165, 1.54) is 0 Å². The van der Waals surface area contributed by atoms with Crippen molar-refractivity contribution in [3.8, 4) is 0 Å². The summed E-state index contributed by atoms with van der Waals surface area (Å²) >= 11 is 0. The lowest BCUT2D eigenvalue weighted by molar-refractivity contribution is -0.134. The topological polar surface area (TPSA) is 41.6 Å². The summed E-state index contributed by atoms with van der Waals surface area (Å²) in [5.41, 5.74) is -0.0569.